The van der Waals surface area contributed by atoms with Crippen molar-refractivity contribution in [1.29, 1.82) is 0 Å². The van der Waals surface area contributed by atoms with Gasteiger partial charge in [-0.25, -0.2) is 0 Å². The predicted octanol–water partition coefficient (Wildman–Crippen LogP) is 4.74. The molecule has 1 unspecified atom stereocenters. The molecular weight excluding hydrogens is 479 g/mol. The van der Waals surface area contributed by atoms with Gasteiger partial charge in [-0.3, -0.25) is 9.78 Å². The van der Waals surface area contributed by atoms with Gasteiger partial charge in [-0.2, -0.15) is 9.37 Å². The maximum atomic E-state index is 14.0. The number of benzene rings is 1. The van der Waals surface area contributed by atoms with Gasteiger partial charge in [0.05, 0.1) is 31.7 Å². The summed E-state index contributed by atoms with van der Waals surface area (Å²) in [7, 11) is 0. The second-order valence-electron chi connectivity index (χ2n) is 9.01. The number of hydrogen-bond donors (Lipinski definition) is 1. The predicted molar refractivity (Wildman–Crippen MR) is 136 cm³/mol. The van der Waals surface area contributed by atoms with E-state index in [0.717, 1.165) is 49.1 Å². The molecule has 1 amide bonds. The van der Waals surface area contributed by atoms with E-state index in [1.807, 2.05) is 32.0 Å². The van der Waals surface area contributed by atoms with Crippen LogP contribution in [0.1, 0.15) is 36.3 Å². The monoisotopic (exact) mass is 508 g/mol. The third-order valence-corrected chi connectivity index (χ3v) is 6.02. The van der Waals surface area contributed by atoms with Gasteiger partial charge in [-0.05, 0) is 49.2 Å². The number of nitrogens with zero attached hydrogens (tertiary/aromatic N) is 3. The number of hydrogen-bond acceptors (Lipinski definition) is 8. The lowest BCUT2D eigenvalue weighted by molar-refractivity contribution is -0.173. The van der Waals surface area contributed by atoms with Gasteiger partial charge in [-0.15, -0.1) is 0 Å². The summed E-state index contributed by atoms with van der Waals surface area (Å²) in [5, 5.41) is 2.87. The van der Waals surface area contributed by atoms with Gasteiger partial charge in [0.2, 0.25) is 5.88 Å². The lowest BCUT2D eigenvalue weighted by atomic mass is 10.0. The first kappa shape index (κ1) is 24.8. The van der Waals surface area contributed by atoms with E-state index in [-0.39, 0.29) is 17.4 Å². The minimum atomic E-state index is -2.25. The van der Waals surface area contributed by atoms with Crippen molar-refractivity contribution in [2.75, 3.05) is 43.1 Å². The number of aromatic nitrogens is 2. The molecule has 1 saturated heterocycles. The number of pyridine rings is 2. The average Bonchev–Trinajstić information content (AvgIpc) is 3.21. The molecule has 1 aromatic carbocycles. The number of morpholine rings is 1. The first-order valence-electron chi connectivity index (χ1n) is 12.3. The Hall–Kier alpha value is -3.92. The van der Waals surface area contributed by atoms with Crippen molar-refractivity contribution in [3.05, 3.63) is 53.9 Å². The van der Waals surface area contributed by atoms with E-state index < -0.39 is 6.04 Å². The molecule has 0 aliphatic carbocycles. The normalized spacial score (nSPS) is 18.5. The van der Waals surface area contributed by atoms with E-state index in [9.17, 15) is 9.18 Å². The average molecular weight is 509 g/mol. The highest BCUT2D eigenvalue weighted by molar-refractivity contribution is 6.05. The van der Waals surface area contributed by atoms with Gasteiger partial charge < -0.3 is 29.2 Å². The van der Waals surface area contributed by atoms with Gasteiger partial charge in [0.15, 0.2) is 11.5 Å². The van der Waals surface area contributed by atoms with Crippen LogP contribution >= 0.6 is 0 Å². The molecule has 1 atom stereocenters. The molecule has 194 valence electrons. The third kappa shape index (κ3) is 5.59. The molecule has 3 aromatic rings. The number of aryl methyl sites for hydroxylation is 1. The van der Waals surface area contributed by atoms with Gasteiger partial charge >= 0.3 is 6.04 Å². The van der Waals surface area contributed by atoms with Crippen LogP contribution in [0, 0.1) is 6.92 Å². The Labute approximate surface area is 214 Å². The van der Waals surface area contributed by atoms with Crippen LogP contribution in [0.2, 0.25) is 0 Å². The van der Waals surface area contributed by atoms with Crippen molar-refractivity contribution >= 4 is 17.4 Å². The van der Waals surface area contributed by atoms with Crippen molar-refractivity contribution in [3.8, 4) is 28.5 Å². The molecule has 0 bridgehead atoms. The van der Waals surface area contributed by atoms with E-state index >= 15 is 0 Å². The number of alkyl halides is 1. The maximum absolute atomic E-state index is 14.0. The highest BCUT2D eigenvalue weighted by Gasteiger charge is 2.37. The van der Waals surface area contributed by atoms with Crippen LogP contribution in [0.25, 0.3) is 11.1 Å². The summed E-state index contributed by atoms with van der Waals surface area (Å²) in [6.45, 7) is 8.45. The van der Waals surface area contributed by atoms with Gasteiger partial charge in [0, 0.05) is 42.9 Å². The molecule has 1 fully saturated rings. The summed E-state index contributed by atoms with van der Waals surface area (Å²) in [6.07, 6.45) is 2.46. The molecule has 37 heavy (non-hydrogen) atoms. The standard InChI is InChI=1S/C27H29FN4O5/c1-4-9-35-25-14-19(13-24(31-25)32-7-10-34-11-8-32)21-15-20(16-29-17(21)2)30-26(33)18-5-6-22-23(12-18)37-27(3,28)36-22/h5-6,12-16H,4,7-11H2,1-3H3,(H,30,33). The van der Waals surface area contributed by atoms with E-state index in [4.69, 9.17) is 23.9 Å². The number of nitrogens with one attached hydrogen (secondary N) is 1. The van der Waals surface area contributed by atoms with E-state index in [0.29, 0.717) is 37.0 Å². The minimum absolute atomic E-state index is 0.174. The largest absolute Gasteiger partial charge is 0.478 e. The van der Waals surface area contributed by atoms with Crippen LogP contribution in [0.4, 0.5) is 15.9 Å². The van der Waals surface area contributed by atoms with Crippen molar-refractivity contribution in [2.45, 2.75) is 33.2 Å². The van der Waals surface area contributed by atoms with Gasteiger partial charge in [0.25, 0.3) is 5.91 Å². The number of rotatable bonds is 7. The number of halogens is 1. The molecule has 2 aliphatic rings. The SMILES string of the molecule is CCCOc1cc(-c2cc(NC(=O)c3ccc4c(c3)OC(C)(F)O4)cnc2C)cc(N2CCOCC2)n1. The molecule has 0 spiro atoms. The number of fused-ring (bicyclic) bond motifs is 1. The first-order valence-corrected chi connectivity index (χ1v) is 12.3. The Morgan fingerprint density at radius 1 is 1.16 bits per heavy atom. The molecule has 5 rings (SSSR count). The van der Waals surface area contributed by atoms with Crippen molar-refractivity contribution in [1.82, 2.24) is 9.97 Å². The number of carbonyl (C=O) groups excluding carboxylic acids is 1. The number of amides is 1. The Balaban J connectivity index is 1.42. The summed E-state index contributed by atoms with van der Waals surface area (Å²) in [4.78, 5) is 24.3. The van der Waals surface area contributed by atoms with Crippen molar-refractivity contribution in [3.63, 3.8) is 0 Å². The smallest absolute Gasteiger partial charge is 0.404 e. The zero-order valence-electron chi connectivity index (χ0n) is 21.0. The molecule has 4 heterocycles. The highest BCUT2D eigenvalue weighted by Crippen LogP contribution is 2.40. The maximum Gasteiger partial charge on any atom is 0.404 e. The Morgan fingerprint density at radius 3 is 2.73 bits per heavy atom. The quantitative estimate of drug-likeness (QED) is 0.489. The van der Waals surface area contributed by atoms with Crippen LogP contribution in [-0.4, -0.2) is 54.8 Å². The summed E-state index contributed by atoms with van der Waals surface area (Å²) < 4.78 is 35.5. The lowest BCUT2D eigenvalue weighted by Crippen LogP contribution is -2.36. The molecule has 0 radical (unpaired) electrons. The second-order valence-corrected chi connectivity index (χ2v) is 9.01. The first-order chi connectivity index (χ1) is 17.8. The van der Waals surface area contributed by atoms with Crippen LogP contribution in [0.5, 0.6) is 17.4 Å². The Bertz CT molecular complexity index is 1310. The fourth-order valence-corrected chi connectivity index (χ4v) is 4.21. The molecule has 2 aliphatic heterocycles. The van der Waals surface area contributed by atoms with Gasteiger partial charge in [0.1, 0.15) is 5.82 Å². The summed E-state index contributed by atoms with van der Waals surface area (Å²) in [6, 6.07) is 8.02. The van der Waals surface area contributed by atoms with Crippen LogP contribution in [0.15, 0.2) is 42.6 Å². The van der Waals surface area contributed by atoms with E-state index in [1.54, 1.807) is 12.3 Å². The molecule has 0 saturated carbocycles. The second kappa shape index (κ2) is 10.2. The minimum Gasteiger partial charge on any atom is -0.478 e. The Kier molecular flexibility index (Phi) is 6.84. The van der Waals surface area contributed by atoms with Crippen molar-refractivity contribution in [2.24, 2.45) is 0 Å². The van der Waals surface area contributed by atoms with E-state index in [1.165, 1.54) is 12.1 Å². The third-order valence-electron chi connectivity index (χ3n) is 6.02. The summed E-state index contributed by atoms with van der Waals surface area (Å²) in [5.41, 5.74) is 3.34. The van der Waals surface area contributed by atoms with E-state index in [2.05, 4.69) is 15.2 Å². The fourth-order valence-electron chi connectivity index (χ4n) is 4.21. The van der Waals surface area contributed by atoms with Crippen LogP contribution in [0.3, 0.4) is 0 Å². The zero-order chi connectivity index (χ0) is 26.0. The molecule has 2 aromatic heterocycles. The molecule has 10 heteroatoms. The zero-order valence-corrected chi connectivity index (χ0v) is 21.0. The molecular formula is C27H29FN4O5. The topological polar surface area (TPSA) is 95.0 Å². The van der Waals surface area contributed by atoms with Crippen molar-refractivity contribution < 1.29 is 28.1 Å². The van der Waals surface area contributed by atoms with Gasteiger partial charge in [-0.1, -0.05) is 6.92 Å². The molecule has 1 N–H and O–H groups in total. The Morgan fingerprint density at radius 2 is 1.95 bits per heavy atom. The fraction of sp³-hybridized carbons (Fsp3) is 0.370. The number of anilines is 2. The highest BCUT2D eigenvalue weighted by atomic mass is 19.2. The summed E-state index contributed by atoms with van der Waals surface area (Å²) in [5.74, 6) is 1.38. The van der Waals surface area contributed by atoms with Crippen LogP contribution < -0.4 is 24.4 Å². The summed E-state index contributed by atoms with van der Waals surface area (Å²) >= 11 is 0. The lowest BCUT2D eigenvalue weighted by Gasteiger charge is -2.28. The van der Waals surface area contributed by atoms with Crippen LogP contribution in [-0.2, 0) is 4.74 Å². The number of ether oxygens (including phenoxy) is 4. The number of carbonyl (C=O) groups is 1. The molecule has 9 nitrogen and oxygen atoms in total.